The molecule has 0 aliphatic heterocycles. The molecule has 1 saturated carbocycles. The Hall–Kier alpha value is -2.75. The van der Waals surface area contributed by atoms with Gasteiger partial charge in [0.15, 0.2) is 6.29 Å². The first-order chi connectivity index (χ1) is 11.2. The molecule has 0 radical (unpaired) electrons. The van der Waals surface area contributed by atoms with Crippen LogP contribution in [0.1, 0.15) is 41.1 Å². The Morgan fingerprint density at radius 1 is 1.09 bits per heavy atom. The lowest BCUT2D eigenvalue weighted by molar-refractivity contribution is -0.130. The van der Waals surface area contributed by atoms with Crippen LogP contribution >= 0.6 is 0 Å². The molecule has 0 saturated heterocycles. The standard InChI is InChI=1S/C19H14O4/c20-9-11-2-1-3-15-13(11)6-7-18-19(15)16(10-23-18)14-5-4-12(21)8-17(14)22/h1-3,6-7,9-10,14H,4-5,8H2. The number of benzene rings is 2. The summed E-state index contributed by atoms with van der Waals surface area (Å²) in [6.45, 7) is 0. The van der Waals surface area contributed by atoms with E-state index in [9.17, 15) is 14.4 Å². The van der Waals surface area contributed by atoms with Crippen LogP contribution in [0, 0.1) is 0 Å². The van der Waals surface area contributed by atoms with E-state index in [1.807, 2.05) is 24.3 Å². The number of fused-ring (bicyclic) bond motifs is 3. The second-order valence-electron chi connectivity index (χ2n) is 5.96. The zero-order valence-electron chi connectivity index (χ0n) is 12.4. The van der Waals surface area contributed by atoms with Crippen molar-refractivity contribution in [1.82, 2.24) is 0 Å². The van der Waals surface area contributed by atoms with Crippen molar-refractivity contribution in [1.29, 1.82) is 0 Å². The van der Waals surface area contributed by atoms with Crippen LogP contribution in [0.5, 0.6) is 0 Å². The first-order valence-corrected chi connectivity index (χ1v) is 7.61. The summed E-state index contributed by atoms with van der Waals surface area (Å²) in [6, 6.07) is 9.22. The average Bonchev–Trinajstić information content (AvgIpc) is 2.98. The lowest BCUT2D eigenvalue weighted by Gasteiger charge is -2.19. The number of hydrogen-bond acceptors (Lipinski definition) is 4. The van der Waals surface area contributed by atoms with Crippen LogP contribution in [0.2, 0.25) is 0 Å². The smallest absolute Gasteiger partial charge is 0.150 e. The van der Waals surface area contributed by atoms with Crippen LogP contribution in [0.15, 0.2) is 41.0 Å². The SMILES string of the molecule is O=Cc1cccc2c1ccc1occ(C3CCC(=O)CC3=O)c12. The molecule has 0 bridgehead atoms. The van der Waals surface area contributed by atoms with E-state index in [1.54, 1.807) is 12.3 Å². The Labute approximate surface area is 132 Å². The van der Waals surface area contributed by atoms with Crippen LogP contribution < -0.4 is 0 Å². The summed E-state index contributed by atoms with van der Waals surface area (Å²) < 4.78 is 5.63. The largest absolute Gasteiger partial charge is 0.464 e. The summed E-state index contributed by atoms with van der Waals surface area (Å²) in [5, 5.41) is 2.62. The van der Waals surface area contributed by atoms with E-state index in [0.29, 0.717) is 24.0 Å². The molecule has 1 atom stereocenters. The van der Waals surface area contributed by atoms with E-state index in [1.165, 1.54) is 0 Å². The Morgan fingerprint density at radius 3 is 2.74 bits per heavy atom. The van der Waals surface area contributed by atoms with E-state index in [4.69, 9.17) is 4.42 Å². The maximum Gasteiger partial charge on any atom is 0.150 e. The van der Waals surface area contributed by atoms with E-state index in [2.05, 4.69) is 0 Å². The zero-order chi connectivity index (χ0) is 16.0. The minimum atomic E-state index is -0.306. The highest BCUT2D eigenvalue weighted by atomic mass is 16.3. The first kappa shape index (κ1) is 13.9. The number of carbonyl (C=O) groups is 3. The maximum atomic E-state index is 12.3. The molecular weight excluding hydrogens is 292 g/mol. The molecule has 0 spiro atoms. The summed E-state index contributed by atoms with van der Waals surface area (Å²) in [5.41, 5.74) is 2.13. The Kier molecular flexibility index (Phi) is 3.11. The van der Waals surface area contributed by atoms with Gasteiger partial charge in [0, 0.05) is 28.9 Å². The number of aldehydes is 1. The predicted molar refractivity (Wildman–Crippen MR) is 85.7 cm³/mol. The quantitative estimate of drug-likeness (QED) is 0.533. The van der Waals surface area contributed by atoms with Crippen LogP contribution in [-0.4, -0.2) is 17.9 Å². The van der Waals surface area contributed by atoms with Crippen molar-refractivity contribution in [2.45, 2.75) is 25.2 Å². The van der Waals surface area contributed by atoms with E-state index in [-0.39, 0.29) is 23.9 Å². The normalized spacial score (nSPS) is 18.7. The number of furan rings is 1. The van der Waals surface area contributed by atoms with E-state index in [0.717, 1.165) is 28.0 Å². The van der Waals surface area contributed by atoms with Crippen molar-refractivity contribution >= 4 is 39.6 Å². The minimum absolute atomic E-state index is 0.00168. The molecule has 1 aliphatic rings. The van der Waals surface area contributed by atoms with Gasteiger partial charge in [-0.3, -0.25) is 14.4 Å². The fraction of sp³-hybridized carbons (Fsp3) is 0.211. The zero-order valence-corrected chi connectivity index (χ0v) is 12.4. The topological polar surface area (TPSA) is 64.3 Å². The lowest BCUT2D eigenvalue weighted by atomic mass is 9.81. The third-order valence-corrected chi connectivity index (χ3v) is 4.63. The molecule has 0 N–H and O–H groups in total. The summed E-state index contributed by atoms with van der Waals surface area (Å²) >= 11 is 0. The van der Waals surface area contributed by atoms with Gasteiger partial charge in [0.05, 0.1) is 12.7 Å². The third kappa shape index (κ3) is 2.10. The van der Waals surface area contributed by atoms with Crippen LogP contribution in [-0.2, 0) is 9.59 Å². The summed E-state index contributed by atoms with van der Waals surface area (Å²) in [7, 11) is 0. The molecule has 1 unspecified atom stereocenters. The Balaban J connectivity index is 1.98. The van der Waals surface area contributed by atoms with Gasteiger partial charge in [0.1, 0.15) is 17.1 Å². The number of hydrogen-bond donors (Lipinski definition) is 0. The molecule has 2 aromatic carbocycles. The van der Waals surface area contributed by atoms with Gasteiger partial charge in [0.25, 0.3) is 0 Å². The number of carbonyl (C=O) groups excluding carboxylic acids is 3. The first-order valence-electron chi connectivity index (χ1n) is 7.61. The van der Waals surface area contributed by atoms with Crippen molar-refractivity contribution in [3.63, 3.8) is 0 Å². The predicted octanol–water partition coefficient (Wildman–Crippen LogP) is 3.80. The van der Waals surface area contributed by atoms with Gasteiger partial charge >= 0.3 is 0 Å². The molecule has 4 rings (SSSR count). The van der Waals surface area contributed by atoms with Crippen LogP contribution in [0.3, 0.4) is 0 Å². The molecule has 4 nitrogen and oxygen atoms in total. The van der Waals surface area contributed by atoms with Gasteiger partial charge in [0.2, 0.25) is 0 Å². The molecule has 3 aromatic rings. The van der Waals surface area contributed by atoms with Gasteiger partial charge in [-0.1, -0.05) is 18.2 Å². The molecule has 1 fully saturated rings. The molecule has 1 heterocycles. The summed E-state index contributed by atoms with van der Waals surface area (Å²) in [5.74, 6) is -0.348. The van der Waals surface area contributed by atoms with Gasteiger partial charge < -0.3 is 4.42 Å². The van der Waals surface area contributed by atoms with Crippen molar-refractivity contribution in [3.05, 3.63) is 47.7 Å². The number of Topliss-reactive ketones (excluding diaryl/α,β-unsaturated/α-hetero) is 2. The van der Waals surface area contributed by atoms with Crippen molar-refractivity contribution in [3.8, 4) is 0 Å². The van der Waals surface area contributed by atoms with Crippen molar-refractivity contribution in [2.24, 2.45) is 0 Å². The van der Waals surface area contributed by atoms with Crippen molar-refractivity contribution < 1.29 is 18.8 Å². The monoisotopic (exact) mass is 306 g/mol. The lowest BCUT2D eigenvalue weighted by Crippen LogP contribution is -2.23. The van der Waals surface area contributed by atoms with Gasteiger partial charge in [-0.15, -0.1) is 0 Å². The molecule has 1 aromatic heterocycles. The average molecular weight is 306 g/mol. The fourth-order valence-electron chi connectivity index (χ4n) is 3.50. The van der Waals surface area contributed by atoms with Gasteiger partial charge in [-0.05, 0) is 29.3 Å². The van der Waals surface area contributed by atoms with E-state index < -0.39 is 0 Å². The van der Waals surface area contributed by atoms with Gasteiger partial charge in [-0.25, -0.2) is 0 Å². The molecule has 114 valence electrons. The third-order valence-electron chi connectivity index (χ3n) is 4.63. The molecule has 4 heteroatoms. The van der Waals surface area contributed by atoms with Crippen molar-refractivity contribution in [2.75, 3.05) is 0 Å². The number of rotatable bonds is 2. The summed E-state index contributed by atoms with van der Waals surface area (Å²) in [4.78, 5) is 35.0. The van der Waals surface area contributed by atoms with E-state index >= 15 is 0 Å². The Morgan fingerprint density at radius 2 is 1.96 bits per heavy atom. The maximum absolute atomic E-state index is 12.3. The highest BCUT2D eigenvalue weighted by Gasteiger charge is 2.31. The van der Waals surface area contributed by atoms with Gasteiger partial charge in [-0.2, -0.15) is 0 Å². The highest BCUT2D eigenvalue weighted by Crippen LogP contribution is 2.38. The number of ketones is 2. The minimum Gasteiger partial charge on any atom is -0.464 e. The Bertz CT molecular complexity index is 964. The summed E-state index contributed by atoms with van der Waals surface area (Å²) in [6.07, 6.45) is 3.40. The molecule has 23 heavy (non-hydrogen) atoms. The highest BCUT2D eigenvalue weighted by molar-refractivity contribution is 6.14. The second kappa shape index (κ2) is 5.16. The molecule has 0 amide bonds. The second-order valence-corrected chi connectivity index (χ2v) is 5.96. The fourth-order valence-corrected chi connectivity index (χ4v) is 3.50. The van der Waals surface area contributed by atoms with Crippen LogP contribution in [0.4, 0.5) is 0 Å². The molecule has 1 aliphatic carbocycles. The molecular formula is C19H14O4. The van der Waals surface area contributed by atoms with Crippen LogP contribution in [0.25, 0.3) is 21.7 Å².